The van der Waals surface area contributed by atoms with E-state index >= 15 is 0 Å². The first kappa shape index (κ1) is 16.7. The molecule has 2 N–H and O–H groups in total. The number of quaternary nitrogens is 1. The van der Waals surface area contributed by atoms with E-state index in [0.29, 0.717) is 11.6 Å². The first-order valence-corrected chi connectivity index (χ1v) is 9.77. The molecule has 5 heteroatoms. The number of carbonyl (C=O) groups excluding carboxylic acids is 1. The van der Waals surface area contributed by atoms with Crippen molar-refractivity contribution in [3.63, 3.8) is 0 Å². The van der Waals surface area contributed by atoms with Crippen LogP contribution in [-0.2, 0) is 0 Å². The number of rotatable bonds is 5. The molecule has 1 aliphatic heterocycles. The van der Waals surface area contributed by atoms with Gasteiger partial charge in [-0.3, -0.25) is 4.79 Å². The molecule has 3 nitrogen and oxygen atoms in total. The summed E-state index contributed by atoms with van der Waals surface area (Å²) in [5, 5.41) is 5.34. The maximum atomic E-state index is 12.6. The van der Waals surface area contributed by atoms with Crippen molar-refractivity contribution in [1.82, 2.24) is 5.32 Å². The van der Waals surface area contributed by atoms with Crippen molar-refractivity contribution in [2.24, 2.45) is 0 Å². The Morgan fingerprint density at radius 1 is 1.22 bits per heavy atom. The fraction of sp³-hybridized carbons (Fsp3) is 0.389. The van der Waals surface area contributed by atoms with E-state index in [0.717, 1.165) is 4.47 Å². The summed E-state index contributed by atoms with van der Waals surface area (Å²) >= 11 is 5.26. The Morgan fingerprint density at radius 3 is 2.61 bits per heavy atom. The number of amides is 1. The number of halogens is 1. The zero-order valence-electron chi connectivity index (χ0n) is 13.2. The summed E-state index contributed by atoms with van der Waals surface area (Å²) in [6.07, 6.45) is 2.56. The van der Waals surface area contributed by atoms with E-state index in [2.05, 4.69) is 45.7 Å². The number of hydrogen-bond donors (Lipinski definition) is 2. The molecule has 0 radical (unpaired) electrons. The van der Waals surface area contributed by atoms with E-state index in [1.807, 2.05) is 24.3 Å². The lowest BCUT2D eigenvalue weighted by Gasteiger charge is -2.29. The molecule has 0 saturated carbocycles. The molecule has 2 atom stereocenters. The van der Waals surface area contributed by atoms with Crippen molar-refractivity contribution in [2.75, 3.05) is 13.1 Å². The lowest BCUT2D eigenvalue weighted by molar-refractivity contribution is -0.920. The molecule has 122 valence electrons. The van der Waals surface area contributed by atoms with Crippen molar-refractivity contribution in [3.05, 3.63) is 56.7 Å². The molecule has 1 aromatic heterocycles. The third-order valence-corrected chi connectivity index (χ3v) is 6.16. The van der Waals surface area contributed by atoms with Gasteiger partial charge in [0.2, 0.25) is 0 Å². The summed E-state index contributed by atoms with van der Waals surface area (Å²) in [5.74, 6) is -0.00914. The van der Waals surface area contributed by atoms with Crippen LogP contribution in [0.2, 0.25) is 0 Å². The van der Waals surface area contributed by atoms with E-state index in [4.69, 9.17) is 0 Å². The second-order valence-corrected chi connectivity index (χ2v) is 7.93. The molecule has 2 aromatic rings. The van der Waals surface area contributed by atoms with Crippen molar-refractivity contribution in [1.29, 1.82) is 0 Å². The molecule has 1 saturated heterocycles. The van der Waals surface area contributed by atoms with Crippen LogP contribution < -0.4 is 10.2 Å². The maximum absolute atomic E-state index is 12.6. The Bertz CT molecular complexity index is 653. The first-order valence-electron chi connectivity index (χ1n) is 8.10. The molecule has 23 heavy (non-hydrogen) atoms. The van der Waals surface area contributed by atoms with Crippen LogP contribution in [0.4, 0.5) is 0 Å². The number of thiophene rings is 1. The SMILES string of the molecule is C[C@H](NC(=O)c1ccccc1Br)[C@@H](c1cccs1)[NH+]1CCCC1. The van der Waals surface area contributed by atoms with Gasteiger partial charge in [0.15, 0.2) is 0 Å². The molecule has 2 heterocycles. The van der Waals surface area contributed by atoms with E-state index in [1.54, 1.807) is 16.2 Å². The van der Waals surface area contributed by atoms with Crippen molar-refractivity contribution in [2.45, 2.75) is 31.8 Å². The number of hydrogen-bond acceptors (Lipinski definition) is 2. The third-order valence-electron chi connectivity index (χ3n) is 4.51. The highest BCUT2D eigenvalue weighted by atomic mass is 79.9. The van der Waals surface area contributed by atoms with E-state index in [9.17, 15) is 4.79 Å². The summed E-state index contributed by atoms with van der Waals surface area (Å²) in [6, 6.07) is 12.3. The predicted molar refractivity (Wildman–Crippen MR) is 98.1 cm³/mol. The monoisotopic (exact) mass is 393 g/mol. The van der Waals surface area contributed by atoms with Gasteiger partial charge in [-0.05, 0) is 46.4 Å². The highest BCUT2D eigenvalue weighted by Gasteiger charge is 2.33. The van der Waals surface area contributed by atoms with Crippen LogP contribution in [-0.4, -0.2) is 25.0 Å². The van der Waals surface area contributed by atoms with Crippen LogP contribution >= 0.6 is 27.3 Å². The van der Waals surface area contributed by atoms with Gasteiger partial charge in [0.25, 0.3) is 5.91 Å². The van der Waals surface area contributed by atoms with Gasteiger partial charge in [-0.25, -0.2) is 0 Å². The van der Waals surface area contributed by atoms with Gasteiger partial charge in [0.1, 0.15) is 6.04 Å². The van der Waals surface area contributed by atoms with Gasteiger partial charge in [0, 0.05) is 17.3 Å². The summed E-state index contributed by atoms with van der Waals surface area (Å²) in [6.45, 7) is 4.51. The van der Waals surface area contributed by atoms with Crippen LogP contribution in [0, 0.1) is 0 Å². The van der Waals surface area contributed by atoms with Crippen LogP contribution in [0.1, 0.15) is 41.0 Å². The summed E-state index contributed by atoms with van der Waals surface area (Å²) < 4.78 is 0.839. The van der Waals surface area contributed by atoms with Crippen molar-refractivity contribution < 1.29 is 9.69 Å². The van der Waals surface area contributed by atoms with Gasteiger partial charge in [0.05, 0.1) is 29.6 Å². The Morgan fingerprint density at radius 2 is 1.96 bits per heavy atom. The van der Waals surface area contributed by atoms with Gasteiger partial charge in [-0.15, -0.1) is 11.3 Å². The molecule has 3 rings (SSSR count). The van der Waals surface area contributed by atoms with Gasteiger partial charge in [-0.1, -0.05) is 18.2 Å². The molecule has 1 aliphatic rings. The molecule has 1 aromatic carbocycles. The number of nitrogens with one attached hydrogen (secondary N) is 2. The van der Waals surface area contributed by atoms with Gasteiger partial charge >= 0.3 is 0 Å². The molecule has 1 amide bonds. The Hall–Kier alpha value is -1.17. The van der Waals surface area contributed by atoms with Crippen LogP contribution in [0.5, 0.6) is 0 Å². The van der Waals surface area contributed by atoms with E-state index < -0.39 is 0 Å². The summed E-state index contributed by atoms with van der Waals surface area (Å²) in [7, 11) is 0. The number of likely N-dealkylation sites (tertiary alicyclic amines) is 1. The average molecular weight is 394 g/mol. The minimum absolute atomic E-state index is 0.00914. The normalized spacial score (nSPS) is 17.8. The Balaban J connectivity index is 1.77. The average Bonchev–Trinajstić information content (AvgIpc) is 3.22. The molecule has 0 bridgehead atoms. The highest BCUT2D eigenvalue weighted by molar-refractivity contribution is 9.10. The summed E-state index contributed by atoms with van der Waals surface area (Å²) in [4.78, 5) is 15.6. The topological polar surface area (TPSA) is 33.5 Å². The molecule has 0 unspecified atom stereocenters. The highest BCUT2D eigenvalue weighted by Crippen LogP contribution is 2.22. The quantitative estimate of drug-likeness (QED) is 0.803. The Kier molecular flexibility index (Phi) is 5.51. The molecular weight excluding hydrogens is 372 g/mol. The number of carbonyl (C=O) groups is 1. The zero-order chi connectivity index (χ0) is 16.2. The zero-order valence-corrected chi connectivity index (χ0v) is 15.6. The molecule has 0 aliphatic carbocycles. The second kappa shape index (κ2) is 7.60. The predicted octanol–water partition coefficient (Wildman–Crippen LogP) is 3.05. The van der Waals surface area contributed by atoms with Crippen LogP contribution in [0.25, 0.3) is 0 Å². The number of benzene rings is 1. The molecular formula is C18H22BrN2OS+. The van der Waals surface area contributed by atoms with E-state index in [-0.39, 0.29) is 11.9 Å². The van der Waals surface area contributed by atoms with Crippen molar-refractivity contribution in [3.8, 4) is 0 Å². The maximum Gasteiger partial charge on any atom is 0.252 e. The minimum Gasteiger partial charge on any atom is -0.343 e. The van der Waals surface area contributed by atoms with Crippen LogP contribution in [0.15, 0.2) is 46.3 Å². The lowest BCUT2D eigenvalue weighted by atomic mass is 10.1. The standard InChI is InChI=1S/C18H21BrN2OS/c1-13(20-18(22)14-7-2-3-8-15(14)19)17(16-9-6-12-23-16)21-10-4-5-11-21/h2-3,6-9,12-13,17H,4-5,10-11H2,1H3,(H,20,22)/p+1/t13-,17-/m0/s1. The van der Waals surface area contributed by atoms with E-state index in [1.165, 1.54) is 30.8 Å². The van der Waals surface area contributed by atoms with Gasteiger partial charge in [-0.2, -0.15) is 0 Å². The fourth-order valence-corrected chi connectivity index (χ4v) is 4.88. The summed E-state index contributed by atoms with van der Waals surface area (Å²) in [5.41, 5.74) is 0.695. The van der Waals surface area contributed by atoms with Gasteiger partial charge < -0.3 is 10.2 Å². The third kappa shape index (κ3) is 3.84. The Labute approximate surface area is 149 Å². The lowest BCUT2D eigenvalue weighted by Crippen LogP contribution is -3.11. The second-order valence-electron chi connectivity index (χ2n) is 6.10. The van der Waals surface area contributed by atoms with Crippen molar-refractivity contribution >= 4 is 33.2 Å². The molecule has 1 fully saturated rings. The fourth-order valence-electron chi connectivity index (χ4n) is 3.42. The smallest absolute Gasteiger partial charge is 0.252 e. The molecule has 0 spiro atoms. The largest absolute Gasteiger partial charge is 0.343 e. The minimum atomic E-state index is -0.00914. The first-order chi connectivity index (χ1) is 11.2. The van der Waals surface area contributed by atoms with Crippen LogP contribution in [0.3, 0.4) is 0 Å².